The maximum absolute atomic E-state index is 12.1. The van der Waals surface area contributed by atoms with Crippen molar-refractivity contribution in [3.63, 3.8) is 0 Å². The minimum absolute atomic E-state index is 0.0704. The number of aromatic nitrogens is 2. The third-order valence-electron chi connectivity index (χ3n) is 2.60. The number of amides is 1. The Kier molecular flexibility index (Phi) is 4.63. The molecule has 2 aromatic rings. The van der Waals surface area contributed by atoms with Crippen LogP contribution in [0.15, 0.2) is 36.2 Å². The molecule has 0 unspecified atom stereocenters. The molecule has 0 bridgehead atoms. The van der Waals surface area contributed by atoms with Crippen molar-refractivity contribution in [2.45, 2.75) is 0 Å². The first-order valence-electron chi connectivity index (χ1n) is 5.87. The van der Waals surface area contributed by atoms with E-state index in [4.69, 9.17) is 28.5 Å². The summed E-state index contributed by atoms with van der Waals surface area (Å²) in [5.41, 5.74) is 0.853. The Morgan fingerprint density at radius 3 is 2.62 bits per heavy atom. The smallest absolute Gasteiger partial charge is 0.266 e. The van der Waals surface area contributed by atoms with Gasteiger partial charge in [0.2, 0.25) is 0 Å². The number of hydrogen-bond acceptors (Lipinski definition) is 3. The number of carbonyl (C=O) groups excluding carboxylic acids is 1. The van der Waals surface area contributed by atoms with E-state index >= 15 is 0 Å². The fraction of sp³-hybridized carbons (Fsp3) is 0.0714. The number of anilines is 1. The van der Waals surface area contributed by atoms with Crippen LogP contribution in [0.1, 0.15) is 5.56 Å². The predicted molar refractivity (Wildman–Crippen MR) is 81.9 cm³/mol. The number of hydrogen-bond donors (Lipinski definition) is 1. The number of aryl methyl sites for hydroxylation is 1. The topological polar surface area (TPSA) is 70.7 Å². The normalized spacial score (nSPS) is 11.0. The molecule has 1 aromatic heterocycles. The van der Waals surface area contributed by atoms with E-state index in [0.29, 0.717) is 15.6 Å². The molecule has 0 saturated heterocycles. The molecule has 1 heterocycles. The summed E-state index contributed by atoms with van der Waals surface area (Å²) in [6, 6.07) is 6.70. The molecule has 0 aliphatic carbocycles. The summed E-state index contributed by atoms with van der Waals surface area (Å²) in [6.07, 6.45) is 4.67. The first-order chi connectivity index (χ1) is 10.0. The van der Waals surface area contributed by atoms with Crippen LogP contribution >= 0.6 is 23.2 Å². The molecule has 7 heteroatoms. The fourth-order valence-electron chi connectivity index (χ4n) is 1.63. The Hall–Kier alpha value is -2.29. The number of benzene rings is 1. The molecular weight excluding hydrogens is 311 g/mol. The third kappa shape index (κ3) is 3.63. The lowest BCUT2D eigenvalue weighted by Gasteiger charge is -2.08. The van der Waals surface area contributed by atoms with E-state index in [1.807, 2.05) is 6.07 Å². The largest absolute Gasteiger partial charge is 0.319 e. The Labute approximate surface area is 131 Å². The summed E-state index contributed by atoms with van der Waals surface area (Å²) in [6.45, 7) is 0. The average Bonchev–Trinajstić information content (AvgIpc) is 2.85. The number of halogens is 2. The Bertz CT molecular complexity index is 738. The van der Waals surface area contributed by atoms with Gasteiger partial charge >= 0.3 is 0 Å². The summed E-state index contributed by atoms with van der Waals surface area (Å²) >= 11 is 11.9. The molecule has 1 aromatic carbocycles. The molecule has 0 aliphatic heterocycles. The minimum Gasteiger partial charge on any atom is -0.319 e. The van der Waals surface area contributed by atoms with Gasteiger partial charge in [-0.25, -0.2) is 0 Å². The molecular formula is C14H10Cl2N4O. The van der Waals surface area contributed by atoms with Gasteiger partial charge in [0.05, 0.1) is 21.9 Å². The highest BCUT2D eigenvalue weighted by atomic mass is 35.5. The van der Waals surface area contributed by atoms with E-state index in [9.17, 15) is 4.79 Å². The molecule has 0 atom stereocenters. The zero-order chi connectivity index (χ0) is 15.4. The van der Waals surface area contributed by atoms with Gasteiger partial charge in [-0.1, -0.05) is 29.3 Å². The average molecular weight is 321 g/mol. The Balaban J connectivity index is 2.26. The van der Waals surface area contributed by atoms with Gasteiger partial charge in [-0.05, 0) is 18.2 Å². The van der Waals surface area contributed by atoms with Gasteiger partial charge in [0.25, 0.3) is 5.91 Å². The summed E-state index contributed by atoms with van der Waals surface area (Å²) in [7, 11) is 1.74. The number of nitrogens with zero attached hydrogens (tertiary/aromatic N) is 3. The molecule has 1 amide bonds. The molecule has 0 spiro atoms. The van der Waals surface area contributed by atoms with Crippen LogP contribution < -0.4 is 5.32 Å². The van der Waals surface area contributed by atoms with Crippen molar-refractivity contribution in [1.82, 2.24) is 9.78 Å². The van der Waals surface area contributed by atoms with Crippen molar-refractivity contribution in [3.8, 4) is 6.07 Å². The third-order valence-corrected chi connectivity index (χ3v) is 3.23. The molecule has 5 nitrogen and oxygen atoms in total. The van der Waals surface area contributed by atoms with Crippen molar-refractivity contribution < 1.29 is 4.79 Å². The Morgan fingerprint density at radius 2 is 2.10 bits per heavy atom. The molecule has 0 fully saturated rings. The van der Waals surface area contributed by atoms with Crippen molar-refractivity contribution in [2.75, 3.05) is 5.32 Å². The van der Waals surface area contributed by atoms with Gasteiger partial charge in [0, 0.05) is 18.8 Å². The molecule has 2 rings (SSSR count). The van der Waals surface area contributed by atoms with Crippen LogP contribution in [0.25, 0.3) is 6.08 Å². The quantitative estimate of drug-likeness (QED) is 0.697. The molecule has 0 aliphatic rings. The van der Waals surface area contributed by atoms with Crippen LogP contribution in [0.2, 0.25) is 10.0 Å². The highest BCUT2D eigenvalue weighted by Gasteiger charge is 2.14. The van der Waals surface area contributed by atoms with Crippen LogP contribution in [-0.2, 0) is 11.8 Å². The van der Waals surface area contributed by atoms with Gasteiger partial charge in [0.1, 0.15) is 11.6 Å². The fourth-order valence-corrected chi connectivity index (χ4v) is 2.12. The van der Waals surface area contributed by atoms with Crippen molar-refractivity contribution >= 4 is 40.9 Å². The number of nitrogens with one attached hydrogen (secondary N) is 1. The van der Waals surface area contributed by atoms with Crippen molar-refractivity contribution in [1.29, 1.82) is 5.26 Å². The van der Waals surface area contributed by atoms with E-state index in [1.54, 1.807) is 42.3 Å². The van der Waals surface area contributed by atoms with Gasteiger partial charge in [-0.2, -0.15) is 10.4 Å². The molecule has 106 valence electrons. The molecule has 0 radical (unpaired) electrons. The number of nitriles is 1. The predicted octanol–water partition coefficient (Wildman–Crippen LogP) is 3.27. The van der Waals surface area contributed by atoms with E-state index in [1.165, 1.54) is 6.08 Å². The van der Waals surface area contributed by atoms with Gasteiger partial charge in [-0.3, -0.25) is 9.48 Å². The Morgan fingerprint density at radius 1 is 1.43 bits per heavy atom. The van der Waals surface area contributed by atoms with Crippen LogP contribution in [0.4, 0.5) is 5.69 Å². The second-order valence-electron chi connectivity index (χ2n) is 4.17. The number of para-hydroxylation sites is 1. The highest BCUT2D eigenvalue weighted by molar-refractivity contribution is 6.40. The van der Waals surface area contributed by atoms with Gasteiger partial charge < -0.3 is 5.32 Å². The van der Waals surface area contributed by atoms with Crippen LogP contribution in [0, 0.1) is 11.3 Å². The zero-order valence-corrected chi connectivity index (χ0v) is 12.5. The maximum Gasteiger partial charge on any atom is 0.266 e. The second-order valence-corrected chi connectivity index (χ2v) is 4.98. The van der Waals surface area contributed by atoms with Gasteiger partial charge in [-0.15, -0.1) is 0 Å². The minimum atomic E-state index is -0.587. The molecule has 1 N–H and O–H groups in total. The highest BCUT2D eigenvalue weighted by Crippen LogP contribution is 2.30. The van der Waals surface area contributed by atoms with Gasteiger partial charge in [0.15, 0.2) is 0 Å². The maximum atomic E-state index is 12.1. The van der Waals surface area contributed by atoms with E-state index in [0.717, 1.165) is 0 Å². The van der Waals surface area contributed by atoms with Crippen LogP contribution in [0.5, 0.6) is 0 Å². The summed E-state index contributed by atoms with van der Waals surface area (Å²) in [5.74, 6) is -0.587. The van der Waals surface area contributed by atoms with E-state index in [-0.39, 0.29) is 11.3 Å². The van der Waals surface area contributed by atoms with Crippen LogP contribution in [0.3, 0.4) is 0 Å². The summed E-state index contributed by atoms with van der Waals surface area (Å²) < 4.78 is 1.57. The lowest BCUT2D eigenvalue weighted by molar-refractivity contribution is -0.112. The SMILES string of the molecule is Cn1cc(/C=C(\C#N)C(=O)Nc2c(Cl)cccc2Cl)cn1. The first kappa shape index (κ1) is 15.1. The van der Waals surface area contributed by atoms with Crippen LogP contribution in [-0.4, -0.2) is 15.7 Å². The summed E-state index contributed by atoms with van der Waals surface area (Å²) in [4.78, 5) is 12.1. The lowest BCUT2D eigenvalue weighted by atomic mass is 10.2. The van der Waals surface area contributed by atoms with E-state index < -0.39 is 5.91 Å². The molecule has 21 heavy (non-hydrogen) atoms. The number of rotatable bonds is 3. The summed E-state index contributed by atoms with van der Waals surface area (Å²) in [5, 5.41) is 16.2. The second kappa shape index (κ2) is 6.44. The first-order valence-corrected chi connectivity index (χ1v) is 6.62. The van der Waals surface area contributed by atoms with E-state index in [2.05, 4.69) is 10.4 Å². The zero-order valence-electron chi connectivity index (χ0n) is 11.0. The monoisotopic (exact) mass is 320 g/mol. The van der Waals surface area contributed by atoms with Crippen molar-refractivity contribution in [2.24, 2.45) is 7.05 Å². The standard InChI is InChI=1S/C14H10Cl2N4O/c1-20-8-9(7-18-20)5-10(6-17)14(21)19-13-11(15)3-2-4-12(13)16/h2-5,7-8H,1H3,(H,19,21)/b10-5+. The number of carbonyl (C=O) groups is 1. The lowest BCUT2D eigenvalue weighted by Crippen LogP contribution is -2.14. The molecule has 0 saturated carbocycles. The van der Waals surface area contributed by atoms with Crippen molar-refractivity contribution in [3.05, 3.63) is 51.8 Å².